The second-order valence-corrected chi connectivity index (χ2v) is 11.6. The van der Waals surface area contributed by atoms with Gasteiger partial charge in [0.1, 0.15) is 0 Å². The number of rotatable bonds is 10. The van der Waals surface area contributed by atoms with Crippen LogP contribution in [0.3, 0.4) is 0 Å². The molecule has 0 spiro atoms. The van der Waals surface area contributed by atoms with Gasteiger partial charge >= 0.3 is 0 Å². The van der Waals surface area contributed by atoms with Crippen molar-refractivity contribution in [3.8, 4) is 0 Å². The molecule has 172 valence electrons. The van der Waals surface area contributed by atoms with Crippen LogP contribution in [-0.2, 0) is 14.6 Å². The van der Waals surface area contributed by atoms with Crippen LogP contribution in [0.4, 0.5) is 5.13 Å². The predicted molar refractivity (Wildman–Crippen MR) is 135 cm³/mol. The topological polar surface area (TPSA) is 70.6 Å². The normalized spacial score (nSPS) is 11.9. The average Bonchev–Trinajstić information content (AvgIpc) is 3.18. The fraction of sp³-hybridized carbons (Fsp3) is 0.391. The van der Waals surface area contributed by atoms with Crippen LogP contribution in [0.5, 0.6) is 0 Å². The average molecular weight is 539 g/mol. The lowest BCUT2D eigenvalue weighted by molar-refractivity contribution is -0.118. The van der Waals surface area contributed by atoms with E-state index >= 15 is 0 Å². The van der Waals surface area contributed by atoms with Gasteiger partial charge in [-0.15, -0.1) is 0 Å². The molecular weight excluding hydrogens is 510 g/mol. The number of halogens is 1. The number of fused-ring (bicyclic) bond motifs is 1. The number of amides is 1. The van der Waals surface area contributed by atoms with E-state index < -0.39 is 9.84 Å². The lowest BCUT2D eigenvalue weighted by atomic mass is 10.2. The standard InChI is InChI=1S/C23H28BrN3O3S2/c1-4-26(5-2)13-14-27(23-25-20-11-8-18(24)16-21(20)31-23)22(28)12-15-32(29,30)19-9-6-17(3)7-10-19/h6-11,16H,4-5,12-15H2,1-3H3. The summed E-state index contributed by atoms with van der Waals surface area (Å²) in [4.78, 5) is 22.0. The Morgan fingerprint density at radius 2 is 1.75 bits per heavy atom. The van der Waals surface area contributed by atoms with Gasteiger partial charge in [0.05, 0.1) is 20.9 Å². The highest BCUT2D eigenvalue weighted by Crippen LogP contribution is 2.31. The molecule has 0 fully saturated rings. The summed E-state index contributed by atoms with van der Waals surface area (Å²) in [6, 6.07) is 12.5. The molecule has 0 unspecified atom stereocenters. The van der Waals surface area contributed by atoms with E-state index in [1.807, 2.05) is 25.1 Å². The zero-order valence-electron chi connectivity index (χ0n) is 18.5. The third-order valence-electron chi connectivity index (χ3n) is 5.37. The number of carbonyl (C=O) groups is 1. The van der Waals surface area contributed by atoms with Crippen LogP contribution in [0.2, 0.25) is 0 Å². The number of nitrogens with zero attached hydrogens (tertiary/aromatic N) is 3. The Labute approximate surface area is 202 Å². The van der Waals surface area contributed by atoms with E-state index in [2.05, 4.69) is 39.7 Å². The third kappa shape index (κ3) is 6.15. The van der Waals surface area contributed by atoms with Crippen LogP contribution in [-0.4, -0.2) is 56.1 Å². The molecule has 0 bridgehead atoms. The molecule has 1 amide bonds. The molecule has 0 radical (unpaired) electrons. The molecule has 0 saturated carbocycles. The fourth-order valence-electron chi connectivity index (χ4n) is 3.33. The number of thiazole rings is 1. The maximum atomic E-state index is 13.2. The molecule has 0 aliphatic heterocycles. The van der Waals surface area contributed by atoms with Crippen molar-refractivity contribution in [1.29, 1.82) is 0 Å². The molecule has 0 aliphatic rings. The summed E-state index contributed by atoms with van der Waals surface area (Å²) in [7, 11) is -3.54. The number of aromatic nitrogens is 1. The van der Waals surface area contributed by atoms with Crippen LogP contribution >= 0.6 is 27.3 Å². The SMILES string of the molecule is CCN(CC)CCN(C(=O)CCS(=O)(=O)c1ccc(C)cc1)c1nc2ccc(Br)cc2s1. The highest BCUT2D eigenvalue weighted by atomic mass is 79.9. The lowest BCUT2D eigenvalue weighted by Gasteiger charge is -2.24. The van der Waals surface area contributed by atoms with Gasteiger partial charge in [-0.1, -0.05) is 58.8 Å². The predicted octanol–water partition coefficient (Wildman–Crippen LogP) is 4.91. The summed E-state index contributed by atoms with van der Waals surface area (Å²) in [6.45, 7) is 9.00. The van der Waals surface area contributed by atoms with Gasteiger partial charge in [0, 0.05) is 24.0 Å². The van der Waals surface area contributed by atoms with E-state index in [1.165, 1.54) is 11.3 Å². The quantitative estimate of drug-likeness (QED) is 0.367. The molecule has 3 aromatic rings. The van der Waals surface area contributed by atoms with E-state index in [9.17, 15) is 13.2 Å². The molecule has 9 heteroatoms. The summed E-state index contributed by atoms with van der Waals surface area (Å²) in [5, 5.41) is 0.600. The van der Waals surface area contributed by atoms with Crippen molar-refractivity contribution >= 4 is 58.4 Å². The number of hydrogen-bond donors (Lipinski definition) is 0. The van der Waals surface area contributed by atoms with Gasteiger partial charge in [0.15, 0.2) is 15.0 Å². The molecule has 0 N–H and O–H groups in total. The molecular formula is C23H28BrN3O3S2. The van der Waals surface area contributed by atoms with E-state index in [0.717, 1.165) is 33.3 Å². The Balaban J connectivity index is 1.81. The molecule has 2 aromatic carbocycles. The van der Waals surface area contributed by atoms with Crippen LogP contribution < -0.4 is 4.90 Å². The molecule has 0 atom stereocenters. The van der Waals surface area contributed by atoms with Crippen molar-refractivity contribution in [3.63, 3.8) is 0 Å². The largest absolute Gasteiger partial charge is 0.302 e. The first-order chi connectivity index (χ1) is 15.2. The van der Waals surface area contributed by atoms with Gasteiger partial charge in [-0.3, -0.25) is 9.69 Å². The maximum absolute atomic E-state index is 13.2. The zero-order chi connectivity index (χ0) is 23.3. The Hall–Kier alpha value is -1.81. The first kappa shape index (κ1) is 24.8. The minimum atomic E-state index is -3.54. The molecule has 1 aromatic heterocycles. The van der Waals surface area contributed by atoms with Gasteiger partial charge in [-0.05, 0) is 50.3 Å². The van der Waals surface area contributed by atoms with Gasteiger partial charge in [-0.25, -0.2) is 13.4 Å². The summed E-state index contributed by atoms with van der Waals surface area (Å²) in [5.74, 6) is -0.460. The summed E-state index contributed by atoms with van der Waals surface area (Å²) >= 11 is 4.92. The molecule has 0 aliphatic carbocycles. The van der Waals surface area contributed by atoms with Crippen LogP contribution in [0.15, 0.2) is 51.8 Å². The van der Waals surface area contributed by atoms with Crippen molar-refractivity contribution in [2.45, 2.75) is 32.1 Å². The van der Waals surface area contributed by atoms with Crippen molar-refractivity contribution in [1.82, 2.24) is 9.88 Å². The van der Waals surface area contributed by atoms with Gasteiger partial charge in [0.25, 0.3) is 0 Å². The van der Waals surface area contributed by atoms with Crippen LogP contribution in [0.1, 0.15) is 25.8 Å². The monoisotopic (exact) mass is 537 g/mol. The summed E-state index contributed by atoms with van der Waals surface area (Å²) < 4.78 is 27.4. The number of carbonyl (C=O) groups excluding carboxylic acids is 1. The summed E-state index contributed by atoms with van der Waals surface area (Å²) in [6.07, 6.45) is -0.0892. The van der Waals surface area contributed by atoms with E-state index in [4.69, 9.17) is 0 Å². The first-order valence-corrected chi connectivity index (χ1v) is 13.9. The number of sulfone groups is 1. The number of hydrogen-bond acceptors (Lipinski definition) is 6. The van der Waals surface area contributed by atoms with Gasteiger partial charge in [0.2, 0.25) is 5.91 Å². The Bertz CT molecular complexity index is 1170. The second-order valence-electron chi connectivity index (χ2n) is 7.56. The van der Waals surface area contributed by atoms with E-state index in [1.54, 1.807) is 29.2 Å². The molecule has 6 nitrogen and oxygen atoms in total. The highest BCUT2D eigenvalue weighted by Gasteiger charge is 2.23. The molecule has 1 heterocycles. The number of aryl methyl sites for hydroxylation is 1. The Morgan fingerprint density at radius 3 is 2.41 bits per heavy atom. The van der Waals surface area contributed by atoms with E-state index in [-0.39, 0.29) is 23.0 Å². The van der Waals surface area contributed by atoms with Crippen molar-refractivity contribution in [2.75, 3.05) is 36.8 Å². The number of anilines is 1. The number of benzene rings is 2. The second kappa shape index (κ2) is 10.9. The van der Waals surface area contributed by atoms with Crippen molar-refractivity contribution < 1.29 is 13.2 Å². The van der Waals surface area contributed by atoms with Crippen molar-refractivity contribution in [2.24, 2.45) is 0 Å². The van der Waals surface area contributed by atoms with Gasteiger partial charge < -0.3 is 4.90 Å². The van der Waals surface area contributed by atoms with E-state index in [0.29, 0.717) is 18.2 Å². The zero-order valence-corrected chi connectivity index (χ0v) is 21.8. The molecule has 0 saturated heterocycles. The Kier molecular flexibility index (Phi) is 8.43. The number of likely N-dealkylation sites (N-methyl/N-ethyl adjacent to an activating group) is 1. The van der Waals surface area contributed by atoms with Crippen LogP contribution in [0.25, 0.3) is 10.2 Å². The Morgan fingerprint density at radius 1 is 1.06 bits per heavy atom. The molecule has 32 heavy (non-hydrogen) atoms. The smallest absolute Gasteiger partial charge is 0.229 e. The molecule has 3 rings (SSSR count). The highest BCUT2D eigenvalue weighted by molar-refractivity contribution is 9.10. The van der Waals surface area contributed by atoms with Gasteiger partial charge in [-0.2, -0.15) is 0 Å². The first-order valence-electron chi connectivity index (χ1n) is 10.6. The minimum Gasteiger partial charge on any atom is -0.302 e. The van der Waals surface area contributed by atoms with Crippen molar-refractivity contribution in [3.05, 3.63) is 52.5 Å². The maximum Gasteiger partial charge on any atom is 0.229 e. The lowest BCUT2D eigenvalue weighted by Crippen LogP contribution is -2.39. The summed E-state index contributed by atoms with van der Waals surface area (Å²) in [5.41, 5.74) is 1.81. The van der Waals surface area contributed by atoms with Crippen LogP contribution in [0, 0.1) is 6.92 Å². The third-order valence-corrected chi connectivity index (χ3v) is 8.64. The minimum absolute atomic E-state index is 0.0892. The fourth-order valence-corrected chi connectivity index (χ4v) is 6.12.